The number of ether oxygens (including phenoxy) is 2. The number of carbonyl (C=O) groups excluding carboxylic acids is 1. The molecule has 0 saturated heterocycles. The molecule has 6 heteroatoms. The molecule has 0 heterocycles. The first-order chi connectivity index (χ1) is 12.5. The van der Waals surface area contributed by atoms with Gasteiger partial charge in [0.15, 0.2) is 6.04 Å². The summed E-state index contributed by atoms with van der Waals surface area (Å²) in [6, 6.07) is 14.1. The largest absolute Gasteiger partial charge is 0.489 e. The Balaban J connectivity index is 1.95. The second-order valence-electron chi connectivity index (χ2n) is 5.95. The van der Waals surface area contributed by atoms with Crippen molar-refractivity contribution in [3.63, 3.8) is 0 Å². The molecule has 1 unspecified atom stereocenters. The van der Waals surface area contributed by atoms with Crippen LogP contribution in [0.25, 0.3) is 0 Å². The molecule has 2 N–H and O–H groups in total. The highest BCUT2D eigenvalue weighted by Crippen LogP contribution is 2.17. The van der Waals surface area contributed by atoms with Crippen LogP contribution in [0, 0.1) is 6.92 Å². The van der Waals surface area contributed by atoms with Gasteiger partial charge in [-0.15, -0.1) is 0 Å². The van der Waals surface area contributed by atoms with Gasteiger partial charge in [0.25, 0.3) is 0 Å². The van der Waals surface area contributed by atoms with E-state index < -0.39 is 12.0 Å². The number of benzene rings is 2. The van der Waals surface area contributed by atoms with E-state index in [2.05, 4.69) is 5.32 Å². The Morgan fingerprint density at radius 2 is 1.92 bits per heavy atom. The summed E-state index contributed by atoms with van der Waals surface area (Å²) in [5.41, 5.74) is 2.99. The molecule has 1 atom stereocenters. The molecule has 26 heavy (non-hydrogen) atoms. The van der Waals surface area contributed by atoms with Crippen LogP contribution in [0.3, 0.4) is 0 Å². The van der Waals surface area contributed by atoms with Crippen molar-refractivity contribution in [3.8, 4) is 5.75 Å². The molecule has 0 aliphatic rings. The molecule has 0 aromatic heterocycles. The second-order valence-corrected chi connectivity index (χ2v) is 5.95. The van der Waals surface area contributed by atoms with Crippen LogP contribution < -0.4 is 10.1 Å². The fourth-order valence-corrected chi connectivity index (χ4v) is 2.45. The van der Waals surface area contributed by atoms with E-state index in [0.717, 1.165) is 16.7 Å². The number of hydrogen-bond acceptors (Lipinski definition) is 4. The molecular formula is C20H23NO5. The van der Waals surface area contributed by atoms with Gasteiger partial charge in [-0.1, -0.05) is 36.4 Å². The Morgan fingerprint density at radius 1 is 1.15 bits per heavy atom. The van der Waals surface area contributed by atoms with Crippen LogP contribution in [-0.4, -0.2) is 36.7 Å². The highest BCUT2D eigenvalue weighted by Gasteiger charge is 2.19. The number of rotatable bonds is 9. The van der Waals surface area contributed by atoms with E-state index in [0.29, 0.717) is 12.4 Å². The molecule has 0 aliphatic heterocycles. The van der Waals surface area contributed by atoms with Gasteiger partial charge < -0.3 is 19.9 Å². The average Bonchev–Trinajstić information content (AvgIpc) is 2.61. The average molecular weight is 357 g/mol. The van der Waals surface area contributed by atoms with E-state index in [1.54, 1.807) is 18.2 Å². The zero-order chi connectivity index (χ0) is 18.9. The summed E-state index contributed by atoms with van der Waals surface area (Å²) >= 11 is 0. The number of carbonyl (C=O) groups is 2. The number of carboxylic acid groups (broad SMARTS) is 1. The quantitative estimate of drug-likeness (QED) is 0.719. The van der Waals surface area contributed by atoms with Gasteiger partial charge in [-0.05, 0) is 35.7 Å². The number of amides is 1. The molecule has 2 aromatic carbocycles. The highest BCUT2D eigenvalue weighted by atomic mass is 16.5. The third kappa shape index (κ3) is 5.89. The molecule has 6 nitrogen and oxygen atoms in total. The summed E-state index contributed by atoms with van der Waals surface area (Å²) in [5, 5.41) is 11.5. The highest BCUT2D eigenvalue weighted by molar-refractivity contribution is 5.85. The topological polar surface area (TPSA) is 84.9 Å². The third-order valence-corrected chi connectivity index (χ3v) is 3.89. The van der Waals surface area contributed by atoms with Crippen molar-refractivity contribution in [3.05, 3.63) is 65.2 Å². The van der Waals surface area contributed by atoms with Crippen LogP contribution in [-0.2, 0) is 27.4 Å². The molecule has 2 aromatic rings. The van der Waals surface area contributed by atoms with Crippen LogP contribution in [0.1, 0.15) is 16.7 Å². The summed E-state index contributed by atoms with van der Waals surface area (Å²) < 4.78 is 10.6. The maximum absolute atomic E-state index is 12.1. The van der Waals surface area contributed by atoms with Gasteiger partial charge in [0.1, 0.15) is 12.4 Å². The number of aliphatic carboxylic acids is 1. The Hall–Kier alpha value is -2.86. The molecule has 0 bridgehead atoms. The van der Waals surface area contributed by atoms with Crippen molar-refractivity contribution >= 4 is 11.9 Å². The lowest BCUT2D eigenvalue weighted by Gasteiger charge is -2.14. The molecule has 0 radical (unpaired) electrons. The minimum Gasteiger partial charge on any atom is -0.489 e. The Kier molecular flexibility index (Phi) is 7.17. The molecule has 138 valence electrons. The molecule has 0 spiro atoms. The predicted octanol–water partition coefficient (Wildman–Crippen LogP) is 2.33. The smallest absolute Gasteiger partial charge is 0.328 e. The molecule has 0 fully saturated rings. The Labute approximate surface area is 152 Å². The van der Waals surface area contributed by atoms with E-state index in [-0.39, 0.29) is 18.9 Å². The van der Waals surface area contributed by atoms with Gasteiger partial charge in [0.05, 0.1) is 13.0 Å². The Morgan fingerprint density at radius 3 is 2.62 bits per heavy atom. The van der Waals surface area contributed by atoms with Crippen molar-refractivity contribution in [2.45, 2.75) is 26.0 Å². The van der Waals surface area contributed by atoms with Crippen molar-refractivity contribution in [1.82, 2.24) is 5.32 Å². The van der Waals surface area contributed by atoms with Crippen molar-refractivity contribution < 1.29 is 24.2 Å². The summed E-state index contributed by atoms with van der Waals surface area (Å²) in [7, 11) is 1.39. The number of aryl methyl sites for hydroxylation is 1. The SMILES string of the molecule is COCC(NC(=O)Cc1cccc(OCc2ccccc2C)c1)C(=O)O. The van der Waals surface area contributed by atoms with E-state index in [1.165, 1.54) is 7.11 Å². The maximum Gasteiger partial charge on any atom is 0.328 e. The van der Waals surface area contributed by atoms with Crippen molar-refractivity contribution in [2.75, 3.05) is 13.7 Å². The third-order valence-electron chi connectivity index (χ3n) is 3.89. The summed E-state index contributed by atoms with van der Waals surface area (Å²) in [6.07, 6.45) is 0.0645. The number of hydrogen-bond donors (Lipinski definition) is 2. The molecule has 1 amide bonds. The summed E-state index contributed by atoms with van der Waals surface area (Å²) in [5.74, 6) is -0.855. The first-order valence-corrected chi connectivity index (χ1v) is 8.27. The number of carboxylic acids is 1. The molecule has 0 saturated carbocycles. The van der Waals surface area contributed by atoms with Gasteiger partial charge in [-0.3, -0.25) is 4.79 Å². The Bertz CT molecular complexity index is 759. The molecular weight excluding hydrogens is 334 g/mol. The first kappa shape index (κ1) is 19.5. The number of methoxy groups -OCH3 is 1. The number of nitrogens with one attached hydrogen (secondary N) is 1. The molecule has 0 aliphatic carbocycles. The fourth-order valence-electron chi connectivity index (χ4n) is 2.45. The van der Waals surface area contributed by atoms with Gasteiger partial charge in [-0.2, -0.15) is 0 Å². The van der Waals surface area contributed by atoms with Crippen LogP contribution in [0.4, 0.5) is 0 Å². The van der Waals surface area contributed by atoms with Gasteiger partial charge in [0.2, 0.25) is 5.91 Å². The van der Waals surface area contributed by atoms with E-state index in [1.807, 2.05) is 37.3 Å². The van der Waals surface area contributed by atoms with Gasteiger partial charge in [-0.25, -0.2) is 4.79 Å². The predicted molar refractivity (Wildman–Crippen MR) is 97.1 cm³/mol. The van der Waals surface area contributed by atoms with Crippen LogP contribution in [0.2, 0.25) is 0 Å². The first-order valence-electron chi connectivity index (χ1n) is 8.27. The lowest BCUT2D eigenvalue weighted by atomic mass is 10.1. The van der Waals surface area contributed by atoms with Crippen LogP contribution >= 0.6 is 0 Å². The minimum atomic E-state index is -1.13. The fraction of sp³-hybridized carbons (Fsp3) is 0.300. The zero-order valence-electron chi connectivity index (χ0n) is 14.9. The van der Waals surface area contributed by atoms with Crippen LogP contribution in [0.5, 0.6) is 5.75 Å². The molecule has 2 rings (SSSR count). The van der Waals surface area contributed by atoms with E-state index >= 15 is 0 Å². The van der Waals surface area contributed by atoms with Crippen molar-refractivity contribution in [2.24, 2.45) is 0 Å². The zero-order valence-corrected chi connectivity index (χ0v) is 14.9. The normalized spacial score (nSPS) is 11.6. The maximum atomic E-state index is 12.1. The van der Waals surface area contributed by atoms with Crippen molar-refractivity contribution in [1.29, 1.82) is 0 Å². The summed E-state index contributed by atoms with van der Waals surface area (Å²) in [6.45, 7) is 2.39. The lowest BCUT2D eigenvalue weighted by Crippen LogP contribution is -2.44. The standard InChI is InChI=1S/C20H23NO5/c1-14-6-3-4-8-16(14)12-26-17-9-5-7-15(10-17)11-19(22)21-18(13-25-2)20(23)24/h3-10,18H,11-13H2,1-2H3,(H,21,22)(H,23,24). The second kappa shape index (κ2) is 9.58. The lowest BCUT2D eigenvalue weighted by molar-refractivity contribution is -0.143. The minimum absolute atomic E-state index is 0.0645. The van der Waals surface area contributed by atoms with E-state index in [4.69, 9.17) is 14.6 Å². The van der Waals surface area contributed by atoms with Gasteiger partial charge in [0, 0.05) is 7.11 Å². The van der Waals surface area contributed by atoms with E-state index in [9.17, 15) is 9.59 Å². The van der Waals surface area contributed by atoms with Crippen LogP contribution in [0.15, 0.2) is 48.5 Å². The van der Waals surface area contributed by atoms with Gasteiger partial charge >= 0.3 is 5.97 Å². The summed E-state index contributed by atoms with van der Waals surface area (Å²) in [4.78, 5) is 23.1. The monoisotopic (exact) mass is 357 g/mol.